The van der Waals surface area contributed by atoms with Crippen molar-refractivity contribution in [3.05, 3.63) is 47.2 Å². The van der Waals surface area contributed by atoms with Gasteiger partial charge in [-0.2, -0.15) is 17.9 Å². The molecule has 2 saturated heterocycles. The molecule has 0 saturated carbocycles. The minimum Gasteiger partial charge on any atom is -0.320 e. The van der Waals surface area contributed by atoms with Crippen molar-refractivity contribution in [2.75, 3.05) is 50.2 Å². The van der Waals surface area contributed by atoms with Crippen LogP contribution in [0.1, 0.15) is 35.4 Å². The van der Waals surface area contributed by atoms with Crippen molar-refractivity contribution in [1.82, 2.24) is 24.9 Å². The van der Waals surface area contributed by atoms with Gasteiger partial charge in [-0.15, -0.1) is 5.10 Å². The number of piperazine rings is 1. The number of alkyl halides is 3. The zero-order valence-corrected chi connectivity index (χ0v) is 20.2. The normalized spacial score (nSPS) is 18.6. The molecule has 35 heavy (non-hydrogen) atoms. The van der Waals surface area contributed by atoms with Gasteiger partial charge < -0.3 is 10.2 Å². The van der Waals surface area contributed by atoms with E-state index in [1.165, 1.54) is 18.3 Å². The Morgan fingerprint density at radius 3 is 2.46 bits per heavy atom. The zero-order valence-electron chi connectivity index (χ0n) is 19.4. The number of nitrogens with one attached hydrogen (secondary N) is 2. The molecule has 0 atom stereocenters. The second-order valence-electron chi connectivity index (χ2n) is 9.01. The van der Waals surface area contributed by atoms with Crippen LogP contribution >= 0.6 is 0 Å². The van der Waals surface area contributed by atoms with Gasteiger partial charge in [-0.1, -0.05) is 12.1 Å². The molecule has 4 rings (SSSR count). The summed E-state index contributed by atoms with van der Waals surface area (Å²) in [6.45, 7) is 3.90. The molecule has 1 aromatic carbocycles. The molecule has 192 valence electrons. The molecule has 3 heterocycles. The summed E-state index contributed by atoms with van der Waals surface area (Å²) in [6.07, 6.45) is -0.621. The summed E-state index contributed by atoms with van der Waals surface area (Å²) in [5.74, 6) is -0.0511. The van der Waals surface area contributed by atoms with E-state index in [-0.39, 0.29) is 17.8 Å². The maximum atomic E-state index is 13.6. The van der Waals surface area contributed by atoms with Gasteiger partial charge in [-0.05, 0) is 49.0 Å². The topological polar surface area (TPSA) is 99.6 Å². The van der Waals surface area contributed by atoms with Crippen LogP contribution < -0.4 is 10.0 Å². The van der Waals surface area contributed by atoms with Gasteiger partial charge in [0, 0.05) is 45.0 Å². The molecule has 13 heteroatoms. The van der Waals surface area contributed by atoms with Gasteiger partial charge >= 0.3 is 12.2 Å². The van der Waals surface area contributed by atoms with Crippen LogP contribution in [0.25, 0.3) is 0 Å². The number of halogens is 3. The van der Waals surface area contributed by atoms with Crippen LogP contribution in [0.15, 0.2) is 30.5 Å². The second-order valence-corrected chi connectivity index (χ2v) is 10.8. The van der Waals surface area contributed by atoms with E-state index in [2.05, 4.69) is 20.0 Å². The number of amides is 1. The van der Waals surface area contributed by atoms with Gasteiger partial charge in [0.2, 0.25) is 10.0 Å². The Kier molecular flexibility index (Phi) is 7.38. The lowest BCUT2D eigenvalue weighted by Crippen LogP contribution is -2.49. The van der Waals surface area contributed by atoms with Crippen LogP contribution in [-0.2, 0) is 22.7 Å². The Balaban J connectivity index is 1.38. The molecule has 2 aliphatic heterocycles. The average molecular weight is 515 g/mol. The third-order valence-electron chi connectivity index (χ3n) is 6.32. The SMILES string of the molecule is CS(=O)(=O)Nc1ccn(C(=O)N2CCN(Cc3ccc(C(F)(F)F)c(C4CCNCC4)c3)CC2)n1. The number of rotatable bonds is 5. The van der Waals surface area contributed by atoms with Crippen LogP contribution in [-0.4, -0.2) is 79.6 Å². The van der Waals surface area contributed by atoms with Crippen LogP contribution in [0.5, 0.6) is 0 Å². The Morgan fingerprint density at radius 1 is 1.14 bits per heavy atom. The lowest BCUT2D eigenvalue weighted by Gasteiger charge is -2.34. The summed E-state index contributed by atoms with van der Waals surface area (Å²) >= 11 is 0. The Hall–Kier alpha value is -2.64. The predicted octanol–water partition coefficient (Wildman–Crippen LogP) is 2.53. The lowest BCUT2D eigenvalue weighted by molar-refractivity contribution is -0.138. The molecule has 0 spiro atoms. The predicted molar refractivity (Wildman–Crippen MR) is 125 cm³/mol. The van der Waals surface area contributed by atoms with E-state index >= 15 is 0 Å². The molecular formula is C22H29F3N6O3S. The van der Waals surface area contributed by atoms with Crippen LogP contribution in [0.3, 0.4) is 0 Å². The number of aromatic nitrogens is 2. The largest absolute Gasteiger partial charge is 0.416 e. The van der Waals surface area contributed by atoms with E-state index < -0.39 is 21.8 Å². The lowest BCUT2D eigenvalue weighted by atomic mass is 9.86. The Morgan fingerprint density at radius 2 is 1.83 bits per heavy atom. The van der Waals surface area contributed by atoms with Crippen LogP contribution in [0.4, 0.5) is 23.8 Å². The number of hydrogen-bond acceptors (Lipinski definition) is 6. The molecule has 2 N–H and O–H groups in total. The Labute approximate surface area is 202 Å². The monoisotopic (exact) mass is 514 g/mol. The molecule has 1 aromatic heterocycles. The quantitative estimate of drug-likeness (QED) is 0.636. The number of anilines is 1. The molecule has 0 radical (unpaired) electrons. The van der Waals surface area contributed by atoms with E-state index in [1.807, 2.05) is 0 Å². The fraction of sp³-hybridized carbons (Fsp3) is 0.545. The molecule has 2 aliphatic rings. The highest BCUT2D eigenvalue weighted by molar-refractivity contribution is 7.92. The van der Waals surface area contributed by atoms with Crippen LogP contribution in [0.2, 0.25) is 0 Å². The minimum absolute atomic E-state index is 0.0614. The zero-order chi connectivity index (χ0) is 25.2. The first-order valence-electron chi connectivity index (χ1n) is 11.5. The van der Waals surface area contributed by atoms with E-state index in [9.17, 15) is 26.4 Å². The third-order valence-corrected chi connectivity index (χ3v) is 6.90. The number of sulfonamides is 1. The summed E-state index contributed by atoms with van der Waals surface area (Å²) in [7, 11) is -3.50. The van der Waals surface area contributed by atoms with E-state index in [4.69, 9.17) is 0 Å². The van der Waals surface area contributed by atoms with Gasteiger partial charge in [0.15, 0.2) is 5.82 Å². The van der Waals surface area contributed by atoms with Crippen molar-refractivity contribution in [1.29, 1.82) is 0 Å². The van der Waals surface area contributed by atoms with E-state index in [0.717, 1.165) is 16.5 Å². The van der Waals surface area contributed by atoms with Crippen molar-refractivity contribution in [3.63, 3.8) is 0 Å². The highest BCUT2D eigenvalue weighted by atomic mass is 32.2. The minimum atomic E-state index is -4.38. The van der Waals surface area contributed by atoms with Gasteiger partial charge in [-0.3, -0.25) is 9.62 Å². The van der Waals surface area contributed by atoms with E-state index in [1.54, 1.807) is 17.0 Å². The molecule has 2 fully saturated rings. The average Bonchev–Trinajstić information content (AvgIpc) is 3.25. The summed E-state index contributed by atoms with van der Waals surface area (Å²) in [5.41, 5.74) is 0.657. The van der Waals surface area contributed by atoms with E-state index in [0.29, 0.717) is 64.2 Å². The number of piperidine rings is 1. The molecule has 2 aromatic rings. The van der Waals surface area contributed by atoms with Crippen molar-refractivity contribution in [2.45, 2.75) is 31.5 Å². The Bertz CT molecular complexity index is 1150. The fourth-order valence-corrected chi connectivity index (χ4v) is 5.10. The van der Waals surface area contributed by atoms with Crippen molar-refractivity contribution in [3.8, 4) is 0 Å². The number of carbonyl (C=O) groups excluding carboxylic acids is 1. The molecule has 0 bridgehead atoms. The highest BCUT2D eigenvalue weighted by Gasteiger charge is 2.35. The number of benzene rings is 1. The van der Waals surface area contributed by atoms with Gasteiger partial charge in [0.05, 0.1) is 11.8 Å². The van der Waals surface area contributed by atoms with Gasteiger partial charge in [-0.25, -0.2) is 13.2 Å². The van der Waals surface area contributed by atoms with Gasteiger partial charge in [0.1, 0.15) is 0 Å². The molecule has 0 aliphatic carbocycles. The standard InChI is InChI=1S/C22H29F3N6O3S/c1-35(33,34)28-20-6-9-31(27-20)21(32)30-12-10-29(11-13-30)15-16-2-3-19(22(23,24)25)18(14-16)17-4-7-26-8-5-17/h2-3,6,9,14,17,26H,4-5,7-8,10-13,15H2,1H3,(H,27,28). The van der Waals surface area contributed by atoms with Crippen molar-refractivity contribution >= 4 is 21.9 Å². The molecule has 0 unspecified atom stereocenters. The maximum absolute atomic E-state index is 13.6. The molecular weight excluding hydrogens is 485 g/mol. The van der Waals surface area contributed by atoms with Crippen LogP contribution in [0, 0.1) is 0 Å². The highest BCUT2D eigenvalue weighted by Crippen LogP contribution is 2.38. The summed E-state index contributed by atoms with van der Waals surface area (Å²) < 4.78 is 66.9. The maximum Gasteiger partial charge on any atom is 0.416 e. The van der Waals surface area contributed by atoms with Crippen molar-refractivity contribution < 1.29 is 26.4 Å². The number of nitrogens with zero attached hydrogens (tertiary/aromatic N) is 4. The smallest absolute Gasteiger partial charge is 0.320 e. The summed E-state index contributed by atoms with van der Waals surface area (Å²) in [5, 5.41) is 7.17. The first-order chi connectivity index (χ1) is 16.5. The summed E-state index contributed by atoms with van der Waals surface area (Å²) in [4.78, 5) is 16.4. The second kappa shape index (κ2) is 10.2. The fourth-order valence-electron chi connectivity index (χ4n) is 4.61. The van der Waals surface area contributed by atoms with Crippen molar-refractivity contribution in [2.24, 2.45) is 0 Å². The third kappa shape index (κ3) is 6.53. The molecule has 1 amide bonds. The number of hydrogen-bond donors (Lipinski definition) is 2. The van der Waals surface area contributed by atoms with Gasteiger partial charge in [0.25, 0.3) is 0 Å². The number of carbonyl (C=O) groups is 1. The first-order valence-corrected chi connectivity index (χ1v) is 13.3. The first kappa shape index (κ1) is 25.5. The summed E-state index contributed by atoms with van der Waals surface area (Å²) in [6, 6.07) is 5.49. The molecule has 9 nitrogen and oxygen atoms in total.